The monoisotopic (exact) mass is 268 g/mol. The van der Waals surface area contributed by atoms with Gasteiger partial charge in [-0.25, -0.2) is 0 Å². The number of nitrogens with zero attached hydrogens (tertiary/aromatic N) is 2. The van der Waals surface area contributed by atoms with Crippen LogP contribution in [0.25, 0.3) is 0 Å². The summed E-state index contributed by atoms with van der Waals surface area (Å²) in [5, 5.41) is 5.94. The van der Waals surface area contributed by atoms with Crippen molar-refractivity contribution < 1.29 is 14.4 Å². The number of hydrogen-bond acceptors (Lipinski definition) is 5. The molecule has 2 fully saturated rings. The lowest BCUT2D eigenvalue weighted by Gasteiger charge is -2.30. The maximum absolute atomic E-state index is 11.9. The SMILES string of the molecule is CN1C(=O)CCC(NC(=O)CN2CCNCC2)C1=O. The van der Waals surface area contributed by atoms with Gasteiger partial charge < -0.3 is 10.6 Å². The molecule has 0 radical (unpaired) electrons. The van der Waals surface area contributed by atoms with Crippen LogP contribution in [0.3, 0.4) is 0 Å². The number of piperidine rings is 1. The van der Waals surface area contributed by atoms with E-state index in [1.54, 1.807) is 0 Å². The number of nitrogens with one attached hydrogen (secondary N) is 2. The molecule has 0 aliphatic carbocycles. The highest BCUT2D eigenvalue weighted by atomic mass is 16.2. The Morgan fingerprint density at radius 3 is 2.74 bits per heavy atom. The highest BCUT2D eigenvalue weighted by Crippen LogP contribution is 2.11. The van der Waals surface area contributed by atoms with E-state index >= 15 is 0 Å². The van der Waals surface area contributed by atoms with Crippen molar-refractivity contribution in [2.75, 3.05) is 39.8 Å². The Morgan fingerprint density at radius 1 is 1.37 bits per heavy atom. The highest BCUT2D eigenvalue weighted by Gasteiger charge is 2.32. The molecule has 0 saturated carbocycles. The van der Waals surface area contributed by atoms with Gasteiger partial charge in [0.05, 0.1) is 6.54 Å². The predicted octanol–water partition coefficient (Wildman–Crippen LogP) is -1.84. The van der Waals surface area contributed by atoms with E-state index in [0.717, 1.165) is 31.1 Å². The molecule has 106 valence electrons. The van der Waals surface area contributed by atoms with E-state index in [1.165, 1.54) is 7.05 Å². The molecule has 2 saturated heterocycles. The first-order valence-corrected chi connectivity index (χ1v) is 6.61. The van der Waals surface area contributed by atoms with Crippen molar-refractivity contribution in [3.8, 4) is 0 Å². The van der Waals surface area contributed by atoms with E-state index in [1.807, 2.05) is 4.90 Å². The Bertz CT molecular complexity index is 379. The number of amides is 3. The lowest BCUT2D eigenvalue weighted by atomic mass is 10.0. The molecule has 3 amide bonds. The van der Waals surface area contributed by atoms with Gasteiger partial charge in [0.2, 0.25) is 11.8 Å². The van der Waals surface area contributed by atoms with Crippen LogP contribution in [0.15, 0.2) is 0 Å². The van der Waals surface area contributed by atoms with Crippen molar-refractivity contribution >= 4 is 17.7 Å². The third-order valence-electron chi connectivity index (χ3n) is 3.56. The van der Waals surface area contributed by atoms with E-state index in [4.69, 9.17) is 0 Å². The van der Waals surface area contributed by atoms with Crippen molar-refractivity contribution in [1.29, 1.82) is 0 Å². The maximum Gasteiger partial charge on any atom is 0.251 e. The zero-order chi connectivity index (χ0) is 13.8. The first-order valence-electron chi connectivity index (χ1n) is 6.61. The molecular weight excluding hydrogens is 248 g/mol. The van der Waals surface area contributed by atoms with Crippen molar-refractivity contribution in [3.05, 3.63) is 0 Å². The normalized spacial score (nSPS) is 25.5. The van der Waals surface area contributed by atoms with Crippen molar-refractivity contribution in [3.63, 3.8) is 0 Å². The Labute approximate surface area is 112 Å². The maximum atomic E-state index is 11.9. The minimum absolute atomic E-state index is 0.150. The average molecular weight is 268 g/mol. The Kier molecular flexibility index (Phi) is 4.49. The van der Waals surface area contributed by atoms with E-state index in [-0.39, 0.29) is 17.7 Å². The van der Waals surface area contributed by atoms with Crippen LogP contribution in [0, 0.1) is 0 Å². The van der Waals surface area contributed by atoms with Gasteiger partial charge in [-0.1, -0.05) is 0 Å². The molecule has 2 aliphatic rings. The number of hydrogen-bond donors (Lipinski definition) is 2. The standard InChI is InChI=1S/C12H20N4O3/c1-15-11(18)3-2-9(12(15)19)14-10(17)8-16-6-4-13-5-7-16/h9,13H,2-8H2,1H3,(H,14,17). The quantitative estimate of drug-likeness (QED) is 0.588. The Morgan fingerprint density at radius 2 is 2.05 bits per heavy atom. The summed E-state index contributed by atoms with van der Waals surface area (Å²) in [7, 11) is 1.46. The van der Waals surface area contributed by atoms with E-state index in [2.05, 4.69) is 10.6 Å². The van der Waals surface area contributed by atoms with E-state index < -0.39 is 6.04 Å². The lowest BCUT2D eigenvalue weighted by molar-refractivity contribution is -0.149. The predicted molar refractivity (Wildman–Crippen MR) is 68.3 cm³/mol. The second-order valence-corrected chi connectivity index (χ2v) is 4.98. The van der Waals surface area contributed by atoms with Gasteiger partial charge in [0, 0.05) is 39.6 Å². The fourth-order valence-electron chi connectivity index (χ4n) is 2.36. The van der Waals surface area contributed by atoms with E-state index in [0.29, 0.717) is 19.4 Å². The number of rotatable bonds is 3. The van der Waals surface area contributed by atoms with Gasteiger partial charge in [-0.2, -0.15) is 0 Å². The summed E-state index contributed by atoms with van der Waals surface area (Å²) in [6.07, 6.45) is 0.704. The van der Waals surface area contributed by atoms with Crippen LogP contribution in [0.5, 0.6) is 0 Å². The molecule has 7 nitrogen and oxygen atoms in total. The summed E-state index contributed by atoms with van der Waals surface area (Å²) in [4.78, 5) is 38.2. The number of carbonyl (C=O) groups is 3. The van der Waals surface area contributed by atoms with Gasteiger partial charge in [-0.05, 0) is 6.42 Å². The van der Waals surface area contributed by atoms with Gasteiger partial charge in [-0.15, -0.1) is 0 Å². The molecule has 1 unspecified atom stereocenters. The molecule has 2 aliphatic heterocycles. The third kappa shape index (κ3) is 3.51. The molecule has 2 N–H and O–H groups in total. The summed E-state index contributed by atoms with van der Waals surface area (Å²) in [5.41, 5.74) is 0. The summed E-state index contributed by atoms with van der Waals surface area (Å²) in [5.74, 6) is -0.648. The van der Waals surface area contributed by atoms with Gasteiger partial charge in [0.15, 0.2) is 0 Å². The minimum Gasteiger partial charge on any atom is -0.343 e. The molecular formula is C12H20N4O3. The van der Waals surface area contributed by atoms with Crippen LogP contribution < -0.4 is 10.6 Å². The zero-order valence-corrected chi connectivity index (χ0v) is 11.1. The van der Waals surface area contributed by atoms with Crippen LogP contribution in [0.1, 0.15) is 12.8 Å². The number of carbonyl (C=O) groups excluding carboxylic acids is 3. The molecule has 0 aromatic carbocycles. The smallest absolute Gasteiger partial charge is 0.251 e. The summed E-state index contributed by atoms with van der Waals surface area (Å²) >= 11 is 0. The largest absolute Gasteiger partial charge is 0.343 e. The highest BCUT2D eigenvalue weighted by molar-refractivity contribution is 6.01. The molecule has 2 rings (SSSR count). The fraction of sp³-hybridized carbons (Fsp3) is 0.750. The molecule has 0 spiro atoms. The first-order chi connectivity index (χ1) is 9.08. The molecule has 2 heterocycles. The second kappa shape index (κ2) is 6.12. The number of imide groups is 1. The summed E-state index contributed by atoms with van der Waals surface area (Å²) in [6.45, 7) is 3.75. The third-order valence-corrected chi connectivity index (χ3v) is 3.56. The van der Waals surface area contributed by atoms with Gasteiger partial charge >= 0.3 is 0 Å². The first kappa shape index (κ1) is 14.0. The minimum atomic E-state index is -0.557. The van der Waals surface area contributed by atoms with Crippen LogP contribution in [-0.2, 0) is 14.4 Å². The van der Waals surface area contributed by atoms with Crippen molar-refractivity contribution in [2.45, 2.75) is 18.9 Å². The van der Waals surface area contributed by atoms with Crippen LogP contribution >= 0.6 is 0 Å². The lowest BCUT2D eigenvalue weighted by Crippen LogP contribution is -2.55. The Hall–Kier alpha value is -1.47. The topological polar surface area (TPSA) is 81.8 Å². The van der Waals surface area contributed by atoms with Gasteiger partial charge in [-0.3, -0.25) is 24.2 Å². The van der Waals surface area contributed by atoms with Crippen LogP contribution in [0.4, 0.5) is 0 Å². The average Bonchev–Trinajstić information content (AvgIpc) is 2.41. The van der Waals surface area contributed by atoms with E-state index in [9.17, 15) is 14.4 Å². The van der Waals surface area contributed by atoms with Gasteiger partial charge in [0.25, 0.3) is 5.91 Å². The molecule has 19 heavy (non-hydrogen) atoms. The molecule has 0 bridgehead atoms. The van der Waals surface area contributed by atoms with Crippen molar-refractivity contribution in [1.82, 2.24) is 20.4 Å². The number of likely N-dealkylation sites (N-methyl/N-ethyl adjacent to an activating group) is 1. The van der Waals surface area contributed by atoms with Crippen LogP contribution in [-0.4, -0.2) is 73.3 Å². The molecule has 7 heteroatoms. The molecule has 1 atom stereocenters. The second-order valence-electron chi connectivity index (χ2n) is 4.98. The molecule has 0 aromatic rings. The van der Waals surface area contributed by atoms with Crippen molar-refractivity contribution in [2.24, 2.45) is 0 Å². The fourth-order valence-corrected chi connectivity index (χ4v) is 2.36. The van der Waals surface area contributed by atoms with Crippen LogP contribution in [0.2, 0.25) is 0 Å². The summed E-state index contributed by atoms with van der Waals surface area (Å²) < 4.78 is 0. The summed E-state index contributed by atoms with van der Waals surface area (Å²) in [6, 6.07) is -0.557. The van der Waals surface area contributed by atoms with Gasteiger partial charge in [0.1, 0.15) is 6.04 Å². The zero-order valence-electron chi connectivity index (χ0n) is 11.1. The molecule has 0 aromatic heterocycles. The number of likely N-dealkylation sites (tertiary alicyclic amines) is 1. The Balaban J connectivity index is 1.81. The number of piperazine rings is 1.